The van der Waals surface area contributed by atoms with Gasteiger partial charge in [-0.2, -0.15) is 5.26 Å². The largest absolute Gasteiger partial charge is 0.495 e. The van der Waals surface area contributed by atoms with Gasteiger partial charge in [0, 0.05) is 6.04 Å². The van der Waals surface area contributed by atoms with E-state index in [9.17, 15) is 4.79 Å². The van der Waals surface area contributed by atoms with Gasteiger partial charge in [-0.15, -0.1) is 0 Å². The molecule has 0 spiro atoms. The molecule has 1 fully saturated rings. The molecular formula is C16H13ClN2O2. The molecule has 5 heteroatoms. The molecule has 1 heterocycles. The van der Waals surface area contributed by atoms with E-state index in [0.29, 0.717) is 10.8 Å². The quantitative estimate of drug-likeness (QED) is 0.873. The zero-order chi connectivity index (χ0) is 15.0. The second-order valence-corrected chi connectivity index (χ2v) is 5.41. The highest BCUT2D eigenvalue weighted by Crippen LogP contribution is 2.38. The van der Waals surface area contributed by atoms with E-state index < -0.39 is 0 Å². The molecule has 0 unspecified atom stereocenters. The Morgan fingerprint density at radius 1 is 1.33 bits per heavy atom. The topological polar surface area (TPSA) is 55.0 Å². The lowest BCUT2D eigenvalue weighted by molar-refractivity contribution is 0.415. The van der Waals surface area contributed by atoms with Gasteiger partial charge in [-0.3, -0.25) is 4.79 Å². The molecule has 0 bridgehead atoms. The van der Waals surface area contributed by atoms with E-state index in [1.54, 1.807) is 35.9 Å². The van der Waals surface area contributed by atoms with E-state index >= 15 is 0 Å². The van der Waals surface area contributed by atoms with E-state index in [-0.39, 0.29) is 17.2 Å². The maximum absolute atomic E-state index is 12.4. The molecular weight excluding hydrogens is 288 g/mol. The maximum Gasteiger partial charge on any atom is 0.269 e. The number of nitriles is 1. The molecule has 1 aromatic carbocycles. The zero-order valence-electron chi connectivity index (χ0n) is 11.5. The van der Waals surface area contributed by atoms with Gasteiger partial charge < -0.3 is 9.30 Å². The van der Waals surface area contributed by atoms with Crippen LogP contribution in [0.2, 0.25) is 5.02 Å². The van der Waals surface area contributed by atoms with E-state index in [0.717, 1.165) is 24.1 Å². The highest BCUT2D eigenvalue weighted by atomic mass is 35.5. The van der Waals surface area contributed by atoms with Gasteiger partial charge in [0.2, 0.25) is 0 Å². The van der Waals surface area contributed by atoms with Gasteiger partial charge in [-0.05, 0) is 48.7 Å². The predicted molar refractivity (Wildman–Crippen MR) is 80.7 cm³/mol. The molecule has 106 valence electrons. The van der Waals surface area contributed by atoms with Gasteiger partial charge in [0.05, 0.1) is 17.8 Å². The average molecular weight is 301 g/mol. The Morgan fingerprint density at radius 2 is 2.10 bits per heavy atom. The van der Waals surface area contributed by atoms with Crippen LogP contribution in [-0.4, -0.2) is 11.7 Å². The van der Waals surface area contributed by atoms with Gasteiger partial charge in [0.15, 0.2) is 0 Å². The van der Waals surface area contributed by atoms with Crippen molar-refractivity contribution in [1.82, 2.24) is 4.57 Å². The number of rotatable bonds is 3. The summed E-state index contributed by atoms with van der Waals surface area (Å²) in [5, 5.41) is 9.51. The molecule has 1 aliphatic carbocycles. The lowest BCUT2D eigenvalue weighted by Crippen LogP contribution is -2.23. The molecule has 1 aromatic heterocycles. The standard InChI is InChI=1S/C16H13ClN2O2/c1-21-15-7-3-10(8-13(15)17)14-6-2-11(9-18)16(20)19(14)12-4-5-12/h2-3,6-8,12H,4-5H2,1H3. The third kappa shape index (κ3) is 2.41. The first-order valence-electron chi connectivity index (χ1n) is 6.65. The maximum atomic E-state index is 12.4. The normalized spacial score (nSPS) is 13.8. The van der Waals surface area contributed by atoms with Crippen molar-refractivity contribution in [1.29, 1.82) is 5.26 Å². The molecule has 1 aliphatic rings. The minimum atomic E-state index is -0.232. The molecule has 3 rings (SSSR count). The van der Waals surface area contributed by atoms with Crippen LogP contribution in [0.1, 0.15) is 24.4 Å². The highest BCUT2D eigenvalue weighted by Gasteiger charge is 2.28. The first-order chi connectivity index (χ1) is 10.2. The highest BCUT2D eigenvalue weighted by molar-refractivity contribution is 6.32. The number of benzene rings is 1. The number of hydrogen-bond acceptors (Lipinski definition) is 3. The Hall–Kier alpha value is -2.25. The summed E-state index contributed by atoms with van der Waals surface area (Å²) >= 11 is 6.16. The lowest BCUT2D eigenvalue weighted by atomic mass is 10.1. The monoisotopic (exact) mass is 300 g/mol. The van der Waals surface area contributed by atoms with Crippen LogP contribution in [0.4, 0.5) is 0 Å². The minimum absolute atomic E-state index is 0.172. The molecule has 21 heavy (non-hydrogen) atoms. The lowest BCUT2D eigenvalue weighted by Gasteiger charge is -2.13. The fourth-order valence-electron chi connectivity index (χ4n) is 2.39. The van der Waals surface area contributed by atoms with Gasteiger partial charge in [0.1, 0.15) is 17.4 Å². The fourth-order valence-corrected chi connectivity index (χ4v) is 2.65. The second kappa shape index (κ2) is 5.27. The van der Waals surface area contributed by atoms with E-state index in [1.165, 1.54) is 0 Å². The van der Waals surface area contributed by atoms with Gasteiger partial charge in [0.25, 0.3) is 5.56 Å². The number of halogens is 1. The van der Waals surface area contributed by atoms with Gasteiger partial charge in [-0.25, -0.2) is 0 Å². The fraction of sp³-hybridized carbons (Fsp3) is 0.250. The van der Waals surface area contributed by atoms with E-state index in [1.807, 2.05) is 12.1 Å². The van der Waals surface area contributed by atoms with Crippen LogP contribution in [-0.2, 0) is 0 Å². The summed E-state index contributed by atoms with van der Waals surface area (Å²) in [7, 11) is 1.56. The Morgan fingerprint density at radius 3 is 2.67 bits per heavy atom. The average Bonchev–Trinajstić information content (AvgIpc) is 3.31. The number of ether oxygens (including phenoxy) is 1. The molecule has 4 nitrogen and oxygen atoms in total. The molecule has 0 radical (unpaired) electrons. The van der Waals surface area contributed by atoms with Gasteiger partial charge >= 0.3 is 0 Å². The number of aromatic nitrogens is 1. The van der Waals surface area contributed by atoms with Crippen LogP contribution < -0.4 is 10.3 Å². The van der Waals surface area contributed by atoms with Crippen molar-refractivity contribution in [2.45, 2.75) is 18.9 Å². The molecule has 0 atom stereocenters. The summed E-state index contributed by atoms with van der Waals surface area (Å²) in [6.07, 6.45) is 1.93. The summed E-state index contributed by atoms with van der Waals surface area (Å²) in [4.78, 5) is 12.4. The third-order valence-corrected chi connectivity index (χ3v) is 3.89. The zero-order valence-corrected chi connectivity index (χ0v) is 12.2. The van der Waals surface area contributed by atoms with Crippen LogP contribution in [0, 0.1) is 11.3 Å². The first-order valence-corrected chi connectivity index (χ1v) is 7.03. The summed E-state index contributed by atoms with van der Waals surface area (Å²) in [6.45, 7) is 0. The number of methoxy groups -OCH3 is 1. The number of pyridine rings is 1. The first kappa shape index (κ1) is 13.7. The van der Waals surface area contributed by atoms with Crippen LogP contribution >= 0.6 is 11.6 Å². The van der Waals surface area contributed by atoms with Crippen LogP contribution in [0.5, 0.6) is 5.75 Å². The van der Waals surface area contributed by atoms with Crippen LogP contribution in [0.3, 0.4) is 0 Å². The van der Waals surface area contributed by atoms with Crippen molar-refractivity contribution in [3.8, 4) is 23.1 Å². The van der Waals surface area contributed by atoms with Crippen molar-refractivity contribution in [2.24, 2.45) is 0 Å². The molecule has 0 N–H and O–H groups in total. The van der Waals surface area contributed by atoms with Crippen molar-refractivity contribution < 1.29 is 4.74 Å². The summed E-state index contributed by atoms with van der Waals surface area (Å²) in [5.41, 5.74) is 1.56. The Labute approximate surface area is 127 Å². The third-order valence-electron chi connectivity index (χ3n) is 3.60. The Balaban J connectivity index is 2.19. The van der Waals surface area contributed by atoms with Crippen LogP contribution in [0.25, 0.3) is 11.3 Å². The SMILES string of the molecule is COc1ccc(-c2ccc(C#N)c(=O)n2C2CC2)cc1Cl. The molecule has 2 aromatic rings. The second-order valence-electron chi connectivity index (χ2n) is 5.00. The molecule has 0 saturated heterocycles. The van der Waals surface area contributed by atoms with Crippen molar-refractivity contribution in [3.05, 3.63) is 51.3 Å². The van der Waals surface area contributed by atoms with Crippen molar-refractivity contribution >= 4 is 11.6 Å². The number of hydrogen-bond donors (Lipinski definition) is 0. The molecule has 0 aliphatic heterocycles. The van der Waals surface area contributed by atoms with E-state index in [2.05, 4.69) is 0 Å². The number of nitrogens with zero attached hydrogens (tertiary/aromatic N) is 2. The molecule has 1 saturated carbocycles. The molecule has 0 amide bonds. The Kier molecular flexibility index (Phi) is 3.44. The van der Waals surface area contributed by atoms with E-state index in [4.69, 9.17) is 21.6 Å². The van der Waals surface area contributed by atoms with Gasteiger partial charge in [-0.1, -0.05) is 11.6 Å². The summed E-state index contributed by atoms with van der Waals surface area (Å²) in [5.74, 6) is 0.592. The summed E-state index contributed by atoms with van der Waals surface area (Å²) in [6, 6.07) is 10.9. The van der Waals surface area contributed by atoms with Crippen molar-refractivity contribution in [2.75, 3.05) is 7.11 Å². The van der Waals surface area contributed by atoms with Crippen molar-refractivity contribution in [3.63, 3.8) is 0 Å². The smallest absolute Gasteiger partial charge is 0.269 e. The predicted octanol–water partition coefficient (Wildman–Crippen LogP) is 3.38. The minimum Gasteiger partial charge on any atom is -0.495 e. The summed E-state index contributed by atoms with van der Waals surface area (Å²) < 4.78 is 6.85. The van der Waals surface area contributed by atoms with Crippen LogP contribution in [0.15, 0.2) is 35.1 Å². The Bertz CT molecular complexity index is 801.